The third-order valence-electron chi connectivity index (χ3n) is 3.58. The van der Waals surface area contributed by atoms with E-state index in [4.69, 9.17) is 10.5 Å². The minimum absolute atomic E-state index is 0.113. The molecule has 0 aromatic carbocycles. The van der Waals surface area contributed by atoms with Crippen LogP contribution < -0.4 is 11.1 Å². The van der Waals surface area contributed by atoms with Gasteiger partial charge in [-0.2, -0.15) is 0 Å². The Kier molecular flexibility index (Phi) is 4.69. The van der Waals surface area contributed by atoms with Gasteiger partial charge in [-0.15, -0.1) is 4.99 Å². The first-order chi connectivity index (χ1) is 11.3. The summed E-state index contributed by atoms with van der Waals surface area (Å²) in [7, 11) is -2.37. The summed E-state index contributed by atoms with van der Waals surface area (Å²) in [6, 6.07) is 3.24. The number of nitrogens with one attached hydrogen (secondary N) is 1. The molecule has 3 N–H and O–H groups in total. The number of hydrogen-bond acceptors (Lipinski definition) is 6. The Morgan fingerprint density at radius 3 is 2.68 bits per heavy atom. The molecule has 9 nitrogen and oxygen atoms in total. The van der Waals surface area contributed by atoms with Gasteiger partial charge in [0.05, 0.1) is 11.3 Å². The number of anilines is 1. The maximum absolute atomic E-state index is 12.5. The van der Waals surface area contributed by atoms with Crippen LogP contribution >= 0.6 is 0 Å². The molecule has 1 aromatic rings. The van der Waals surface area contributed by atoms with Crippen LogP contribution in [0.2, 0.25) is 0 Å². The SMILES string of the molecule is CN1/C(=N/C(=O)OC(C)(C)C)N[C@](C)(c2ccnc(N)c2)CS1(=O)=O. The van der Waals surface area contributed by atoms with E-state index in [2.05, 4.69) is 15.3 Å². The molecule has 10 heteroatoms. The Bertz CT molecular complexity index is 815. The second-order valence-corrected chi connectivity index (χ2v) is 9.07. The average molecular weight is 369 g/mol. The fraction of sp³-hybridized carbons (Fsp3) is 0.533. The number of amides is 1. The Labute approximate surface area is 147 Å². The molecule has 0 radical (unpaired) electrons. The molecule has 1 fully saturated rings. The fourth-order valence-corrected chi connectivity index (χ4v) is 3.88. The van der Waals surface area contributed by atoms with Gasteiger partial charge in [0.1, 0.15) is 11.4 Å². The van der Waals surface area contributed by atoms with Gasteiger partial charge in [0, 0.05) is 13.2 Å². The zero-order valence-corrected chi connectivity index (χ0v) is 15.7. The van der Waals surface area contributed by atoms with E-state index < -0.39 is 27.3 Å². The first-order valence-corrected chi connectivity index (χ1v) is 9.22. The highest BCUT2D eigenvalue weighted by atomic mass is 32.2. The molecule has 0 unspecified atom stereocenters. The number of nitrogens with two attached hydrogens (primary N) is 1. The largest absolute Gasteiger partial charge is 0.442 e. The average Bonchev–Trinajstić information content (AvgIpc) is 2.42. The van der Waals surface area contributed by atoms with Gasteiger partial charge < -0.3 is 15.8 Å². The summed E-state index contributed by atoms with van der Waals surface area (Å²) in [6.45, 7) is 6.79. The minimum Gasteiger partial charge on any atom is -0.442 e. The van der Waals surface area contributed by atoms with Crippen LogP contribution in [0.3, 0.4) is 0 Å². The standard InChI is InChI=1S/C15H23N5O4S/c1-14(2,3)24-13(21)18-12-19-15(4,9-25(22,23)20(12)5)10-6-7-17-11(16)8-10/h6-8H,9H2,1-5H3,(H2,16,17)(H,18,19,21)/t15-/m0/s1. The fourth-order valence-electron chi connectivity index (χ4n) is 2.37. The van der Waals surface area contributed by atoms with E-state index in [0.29, 0.717) is 5.56 Å². The van der Waals surface area contributed by atoms with E-state index >= 15 is 0 Å². The zero-order valence-electron chi connectivity index (χ0n) is 14.9. The Morgan fingerprint density at radius 1 is 1.48 bits per heavy atom. The molecule has 1 atom stereocenters. The Balaban J connectivity index is 2.43. The maximum Gasteiger partial charge on any atom is 0.437 e. The predicted octanol–water partition coefficient (Wildman–Crippen LogP) is 1.03. The lowest BCUT2D eigenvalue weighted by Crippen LogP contribution is -2.61. The van der Waals surface area contributed by atoms with Crippen LogP contribution in [0.5, 0.6) is 0 Å². The lowest BCUT2D eigenvalue weighted by molar-refractivity contribution is 0.0602. The highest BCUT2D eigenvalue weighted by molar-refractivity contribution is 7.89. The van der Waals surface area contributed by atoms with Crippen molar-refractivity contribution >= 4 is 27.9 Å². The number of carbonyl (C=O) groups is 1. The zero-order chi connectivity index (χ0) is 19.0. The molecule has 0 aliphatic carbocycles. The summed E-state index contributed by atoms with van der Waals surface area (Å²) in [5.74, 6) is -0.0753. The molecule has 1 aromatic heterocycles. The van der Waals surface area contributed by atoms with E-state index in [0.717, 1.165) is 4.31 Å². The normalized spacial score (nSPS) is 24.7. The van der Waals surface area contributed by atoms with Crippen molar-refractivity contribution in [2.24, 2.45) is 4.99 Å². The van der Waals surface area contributed by atoms with E-state index in [-0.39, 0.29) is 17.5 Å². The van der Waals surface area contributed by atoms with Crippen LogP contribution in [0.25, 0.3) is 0 Å². The quantitative estimate of drug-likeness (QED) is 0.757. The number of aliphatic imine (C=N–C) groups is 1. The summed E-state index contributed by atoms with van der Waals surface area (Å²) in [5, 5.41) is 3.01. The summed E-state index contributed by atoms with van der Waals surface area (Å²) < 4.78 is 31.1. The van der Waals surface area contributed by atoms with Gasteiger partial charge in [-0.3, -0.25) is 0 Å². The molecule has 1 amide bonds. The van der Waals surface area contributed by atoms with Crippen molar-refractivity contribution in [3.8, 4) is 0 Å². The van der Waals surface area contributed by atoms with Crippen molar-refractivity contribution in [3.05, 3.63) is 23.9 Å². The molecule has 2 heterocycles. The molecule has 1 saturated heterocycles. The maximum atomic E-state index is 12.5. The smallest absolute Gasteiger partial charge is 0.437 e. The van der Waals surface area contributed by atoms with Crippen molar-refractivity contribution in [2.45, 2.75) is 38.8 Å². The van der Waals surface area contributed by atoms with Gasteiger partial charge in [0.25, 0.3) is 0 Å². The number of ether oxygens (including phenoxy) is 1. The van der Waals surface area contributed by atoms with Crippen LogP contribution in [0.15, 0.2) is 23.3 Å². The second-order valence-electron chi connectivity index (χ2n) is 7.07. The first kappa shape index (κ1) is 19.0. The molecule has 138 valence electrons. The first-order valence-electron chi connectivity index (χ1n) is 7.61. The molecule has 0 bridgehead atoms. The van der Waals surface area contributed by atoms with Crippen LogP contribution in [-0.2, 0) is 20.3 Å². The molecule has 0 saturated carbocycles. The summed E-state index contributed by atoms with van der Waals surface area (Å²) >= 11 is 0. The summed E-state index contributed by atoms with van der Waals surface area (Å²) in [5.41, 5.74) is 4.56. The van der Waals surface area contributed by atoms with Gasteiger partial charge >= 0.3 is 6.09 Å². The van der Waals surface area contributed by atoms with Gasteiger partial charge in [-0.05, 0) is 45.4 Å². The number of nitrogen functional groups attached to an aromatic ring is 1. The number of aromatic nitrogens is 1. The third-order valence-corrected chi connectivity index (χ3v) is 5.53. The number of guanidine groups is 1. The highest BCUT2D eigenvalue weighted by Gasteiger charge is 2.43. The van der Waals surface area contributed by atoms with E-state index in [1.807, 2.05) is 0 Å². The molecular weight excluding hydrogens is 346 g/mol. The van der Waals surface area contributed by atoms with Gasteiger partial charge in [0.15, 0.2) is 0 Å². The number of sulfonamides is 1. The number of hydrogen-bond donors (Lipinski definition) is 2. The van der Waals surface area contributed by atoms with Crippen LogP contribution in [-0.4, -0.2) is 48.2 Å². The monoisotopic (exact) mass is 369 g/mol. The Morgan fingerprint density at radius 2 is 2.12 bits per heavy atom. The van der Waals surface area contributed by atoms with E-state index in [1.165, 1.54) is 13.2 Å². The number of rotatable bonds is 1. The summed E-state index contributed by atoms with van der Waals surface area (Å²) in [4.78, 5) is 19.7. The minimum atomic E-state index is -3.70. The lowest BCUT2D eigenvalue weighted by atomic mass is 9.95. The highest BCUT2D eigenvalue weighted by Crippen LogP contribution is 2.28. The van der Waals surface area contributed by atoms with Crippen molar-refractivity contribution in [2.75, 3.05) is 18.5 Å². The van der Waals surface area contributed by atoms with Crippen LogP contribution in [0.1, 0.15) is 33.3 Å². The topological polar surface area (TPSA) is 127 Å². The van der Waals surface area contributed by atoms with Crippen LogP contribution in [0, 0.1) is 0 Å². The third kappa shape index (κ3) is 4.38. The molecule has 25 heavy (non-hydrogen) atoms. The van der Waals surface area contributed by atoms with E-state index in [9.17, 15) is 13.2 Å². The Hall–Kier alpha value is -2.36. The molecule has 2 rings (SSSR count). The van der Waals surface area contributed by atoms with Crippen molar-refractivity contribution < 1.29 is 17.9 Å². The predicted molar refractivity (Wildman–Crippen MR) is 94.4 cm³/mol. The molecular formula is C15H23N5O4S. The van der Waals surface area contributed by atoms with Gasteiger partial charge in [0.2, 0.25) is 16.0 Å². The number of pyridine rings is 1. The number of nitrogens with zero attached hydrogens (tertiary/aromatic N) is 3. The number of carbonyl (C=O) groups excluding carboxylic acids is 1. The lowest BCUT2D eigenvalue weighted by Gasteiger charge is -2.40. The van der Waals surface area contributed by atoms with Crippen molar-refractivity contribution in [1.82, 2.24) is 14.6 Å². The van der Waals surface area contributed by atoms with Gasteiger partial charge in [-0.25, -0.2) is 22.5 Å². The van der Waals surface area contributed by atoms with Crippen molar-refractivity contribution in [1.29, 1.82) is 0 Å². The molecule has 1 aliphatic heterocycles. The van der Waals surface area contributed by atoms with Gasteiger partial charge in [-0.1, -0.05) is 0 Å². The van der Waals surface area contributed by atoms with Crippen molar-refractivity contribution in [3.63, 3.8) is 0 Å². The summed E-state index contributed by atoms with van der Waals surface area (Å²) in [6.07, 6.45) is 0.614. The van der Waals surface area contributed by atoms with E-state index in [1.54, 1.807) is 39.8 Å². The second kappa shape index (κ2) is 6.17. The molecule has 0 spiro atoms. The molecule has 1 aliphatic rings. The van der Waals surface area contributed by atoms with Crippen LogP contribution in [0.4, 0.5) is 10.6 Å².